The second kappa shape index (κ2) is 8.57. The summed E-state index contributed by atoms with van der Waals surface area (Å²) in [6, 6.07) is 20.9. The number of methoxy groups -OCH3 is 2. The maximum Gasteiger partial charge on any atom is 0.264 e. The van der Waals surface area contributed by atoms with Gasteiger partial charge in [0.05, 0.1) is 30.8 Å². The second-order valence-electron chi connectivity index (χ2n) is 6.73. The van der Waals surface area contributed by atoms with Gasteiger partial charge in [-0.25, -0.2) is 8.42 Å². The summed E-state index contributed by atoms with van der Waals surface area (Å²) in [6.07, 6.45) is 0. The van der Waals surface area contributed by atoms with Gasteiger partial charge in [0, 0.05) is 5.56 Å². The first kappa shape index (κ1) is 20.7. The van der Waals surface area contributed by atoms with E-state index in [0.29, 0.717) is 17.2 Å². The Morgan fingerprint density at radius 1 is 0.862 bits per heavy atom. The Morgan fingerprint density at radius 3 is 2.17 bits per heavy atom. The van der Waals surface area contributed by atoms with Crippen LogP contribution >= 0.6 is 0 Å². The predicted molar refractivity (Wildman–Crippen MR) is 115 cm³/mol. The molecule has 0 aliphatic carbocycles. The van der Waals surface area contributed by atoms with Crippen LogP contribution in [0.15, 0.2) is 77.7 Å². The van der Waals surface area contributed by atoms with Gasteiger partial charge in [-0.3, -0.25) is 4.31 Å². The van der Waals surface area contributed by atoms with E-state index < -0.39 is 16.1 Å². The molecule has 152 valence electrons. The molecule has 5 nitrogen and oxygen atoms in total. The summed E-state index contributed by atoms with van der Waals surface area (Å²) in [5, 5.41) is 0. The first-order valence-corrected chi connectivity index (χ1v) is 10.7. The van der Waals surface area contributed by atoms with Crippen molar-refractivity contribution in [2.45, 2.75) is 24.8 Å². The minimum atomic E-state index is -3.85. The minimum Gasteiger partial charge on any atom is -0.497 e. The summed E-state index contributed by atoms with van der Waals surface area (Å²) in [5.41, 5.74) is 2.36. The van der Waals surface area contributed by atoms with Gasteiger partial charge in [-0.1, -0.05) is 30.3 Å². The van der Waals surface area contributed by atoms with E-state index in [-0.39, 0.29) is 4.90 Å². The fourth-order valence-corrected chi connectivity index (χ4v) is 4.96. The fourth-order valence-electron chi connectivity index (χ4n) is 3.33. The van der Waals surface area contributed by atoms with Gasteiger partial charge < -0.3 is 9.47 Å². The summed E-state index contributed by atoms with van der Waals surface area (Å²) in [5.74, 6) is 1.24. The Bertz CT molecular complexity index is 1080. The molecule has 0 heterocycles. The number of anilines is 1. The molecule has 0 bridgehead atoms. The molecule has 1 atom stereocenters. The lowest BCUT2D eigenvalue weighted by molar-refractivity contribution is 0.407. The van der Waals surface area contributed by atoms with Crippen LogP contribution in [0.5, 0.6) is 11.5 Å². The molecule has 0 fully saturated rings. The quantitative estimate of drug-likeness (QED) is 0.551. The van der Waals surface area contributed by atoms with Gasteiger partial charge in [0.25, 0.3) is 10.0 Å². The van der Waals surface area contributed by atoms with Crippen LogP contribution in [-0.2, 0) is 10.0 Å². The highest BCUT2D eigenvalue weighted by Crippen LogP contribution is 2.37. The zero-order valence-electron chi connectivity index (χ0n) is 17.0. The van der Waals surface area contributed by atoms with Gasteiger partial charge in [0.15, 0.2) is 0 Å². The lowest BCUT2D eigenvalue weighted by Gasteiger charge is -2.32. The van der Waals surface area contributed by atoms with E-state index in [4.69, 9.17) is 9.47 Å². The van der Waals surface area contributed by atoms with Crippen molar-refractivity contribution in [3.8, 4) is 11.5 Å². The average Bonchev–Trinajstić information content (AvgIpc) is 2.73. The van der Waals surface area contributed by atoms with Crippen molar-refractivity contribution in [3.05, 3.63) is 83.9 Å². The maximum atomic E-state index is 13.7. The highest BCUT2D eigenvalue weighted by Gasteiger charge is 2.31. The molecule has 3 aromatic rings. The smallest absolute Gasteiger partial charge is 0.264 e. The number of aryl methyl sites for hydroxylation is 1. The molecule has 0 N–H and O–H groups in total. The number of rotatable bonds is 7. The molecule has 0 aliphatic rings. The molecule has 0 radical (unpaired) electrons. The van der Waals surface area contributed by atoms with E-state index >= 15 is 0 Å². The number of nitrogens with zero attached hydrogens (tertiary/aromatic N) is 1. The van der Waals surface area contributed by atoms with E-state index in [1.807, 2.05) is 56.3 Å². The topological polar surface area (TPSA) is 55.8 Å². The Balaban J connectivity index is 2.17. The van der Waals surface area contributed by atoms with Crippen molar-refractivity contribution in [3.63, 3.8) is 0 Å². The molecule has 1 unspecified atom stereocenters. The summed E-state index contributed by atoms with van der Waals surface area (Å²) in [4.78, 5) is 0.196. The predicted octanol–water partition coefficient (Wildman–Crippen LogP) is 4.97. The van der Waals surface area contributed by atoms with Crippen molar-refractivity contribution >= 4 is 15.7 Å². The lowest BCUT2D eigenvalue weighted by Crippen LogP contribution is -2.34. The third kappa shape index (κ3) is 4.22. The Labute approximate surface area is 172 Å². The highest BCUT2D eigenvalue weighted by molar-refractivity contribution is 7.92. The molecule has 0 saturated carbocycles. The van der Waals surface area contributed by atoms with Crippen LogP contribution in [0.25, 0.3) is 0 Å². The largest absolute Gasteiger partial charge is 0.497 e. The van der Waals surface area contributed by atoms with Crippen molar-refractivity contribution in [2.24, 2.45) is 0 Å². The molecule has 3 aromatic carbocycles. The fraction of sp³-hybridized carbons (Fsp3) is 0.217. The van der Waals surface area contributed by atoms with Crippen LogP contribution in [0.4, 0.5) is 5.69 Å². The van der Waals surface area contributed by atoms with Crippen molar-refractivity contribution in [1.82, 2.24) is 0 Å². The van der Waals surface area contributed by atoms with Gasteiger partial charge in [-0.05, 0) is 61.9 Å². The first-order valence-electron chi connectivity index (χ1n) is 9.26. The average molecular weight is 412 g/mol. The highest BCUT2D eigenvalue weighted by atomic mass is 32.2. The molecule has 0 aliphatic heterocycles. The third-order valence-electron chi connectivity index (χ3n) is 4.81. The molecule has 0 aromatic heterocycles. The summed E-state index contributed by atoms with van der Waals surface area (Å²) in [6.45, 7) is 3.80. The molecule has 0 amide bonds. The van der Waals surface area contributed by atoms with E-state index in [2.05, 4.69) is 0 Å². The van der Waals surface area contributed by atoms with Crippen LogP contribution in [0.2, 0.25) is 0 Å². The maximum absolute atomic E-state index is 13.7. The van der Waals surface area contributed by atoms with Crippen LogP contribution in [0.3, 0.4) is 0 Å². The summed E-state index contributed by atoms with van der Waals surface area (Å²) < 4.78 is 39.5. The normalized spacial score (nSPS) is 12.3. The number of sulfonamides is 1. The molecular weight excluding hydrogens is 386 g/mol. The molecular formula is C23H25NO4S. The van der Waals surface area contributed by atoms with Gasteiger partial charge in [0.2, 0.25) is 0 Å². The zero-order chi connectivity index (χ0) is 21.0. The summed E-state index contributed by atoms with van der Waals surface area (Å²) in [7, 11) is -0.714. The Morgan fingerprint density at radius 2 is 1.55 bits per heavy atom. The number of hydrogen-bond donors (Lipinski definition) is 0. The second-order valence-corrected chi connectivity index (χ2v) is 8.55. The van der Waals surface area contributed by atoms with Crippen LogP contribution < -0.4 is 13.8 Å². The monoisotopic (exact) mass is 411 g/mol. The molecule has 6 heteroatoms. The molecule has 29 heavy (non-hydrogen) atoms. The van der Waals surface area contributed by atoms with Gasteiger partial charge in [-0.15, -0.1) is 0 Å². The van der Waals surface area contributed by atoms with Gasteiger partial charge in [-0.2, -0.15) is 0 Å². The van der Waals surface area contributed by atoms with Crippen molar-refractivity contribution in [1.29, 1.82) is 0 Å². The van der Waals surface area contributed by atoms with E-state index in [9.17, 15) is 8.42 Å². The summed E-state index contributed by atoms with van der Waals surface area (Å²) >= 11 is 0. The van der Waals surface area contributed by atoms with E-state index in [0.717, 1.165) is 11.1 Å². The van der Waals surface area contributed by atoms with E-state index in [1.165, 1.54) is 4.31 Å². The SMILES string of the molecule is COc1ccc(S(=O)(=O)N(c2cccc(C)c2)C(C)c2ccccc2OC)cc1. The molecule has 3 rings (SSSR count). The number of ether oxygens (including phenoxy) is 2. The van der Waals surface area contributed by atoms with Crippen molar-refractivity contribution < 1.29 is 17.9 Å². The lowest BCUT2D eigenvalue weighted by atomic mass is 10.1. The number of para-hydroxylation sites is 1. The van der Waals surface area contributed by atoms with Gasteiger partial charge in [0.1, 0.15) is 11.5 Å². The van der Waals surface area contributed by atoms with Crippen LogP contribution in [0, 0.1) is 6.92 Å². The van der Waals surface area contributed by atoms with Crippen LogP contribution in [0.1, 0.15) is 24.1 Å². The third-order valence-corrected chi connectivity index (χ3v) is 6.73. The van der Waals surface area contributed by atoms with Crippen LogP contribution in [-0.4, -0.2) is 22.6 Å². The minimum absolute atomic E-state index is 0.196. The molecule has 0 spiro atoms. The Hall–Kier alpha value is -2.99. The van der Waals surface area contributed by atoms with Crippen molar-refractivity contribution in [2.75, 3.05) is 18.5 Å². The molecule has 0 saturated heterocycles. The Kier molecular flexibility index (Phi) is 6.13. The van der Waals surface area contributed by atoms with E-state index in [1.54, 1.807) is 44.6 Å². The number of benzene rings is 3. The number of hydrogen-bond acceptors (Lipinski definition) is 4. The van der Waals surface area contributed by atoms with Gasteiger partial charge >= 0.3 is 0 Å². The standard InChI is InChI=1S/C23H25NO4S/c1-17-8-7-9-19(16-17)24(18(2)22-10-5-6-11-23(22)28-4)29(25,26)21-14-12-20(27-3)13-15-21/h5-16,18H,1-4H3. The zero-order valence-corrected chi connectivity index (χ0v) is 17.8. The first-order chi connectivity index (χ1) is 13.9.